The molecule has 0 saturated carbocycles. The summed E-state index contributed by atoms with van der Waals surface area (Å²) in [5.74, 6) is 1.82. The van der Waals surface area contributed by atoms with Crippen LogP contribution in [0, 0.1) is 0 Å². The molecule has 4 heteroatoms. The lowest BCUT2D eigenvalue weighted by molar-refractivity contribution is 0.487. The minimum atomic E-state index is 0.108. The number of hydrogen-bond donors (Lipinski definition) is 0. The molecule has 0 aliphatic carbocycles. The largest absolute Gasteiger partial charge is 0.458 e. The molecule has 9 aromatic rings. The molecule has 0 saturated heterocycles. The second-order valence-electron chi connectivity index (χ2n) is 12.1. The number of fused-ring (bicyclic) bond motifs is 9. The van der Waals surface area contributed by atoms with E-state index in [2.05, 4.69) is 173 Å². The van der Waals surface area contributed by atoms with Gasteiger partial charge < -0.3 is 13.9 Å². The van der Waals surface area contributed by atoms with Gasteiger partial charge in [0, 0.05) is 39.0 Å². The molecule has 0 amide bonds. The monoisotopic (exact) mass is 586 g/mol. The van der Waals surface area contributed by atoms with Crippen LogP contribution in [-0.2, 0) is 0 Å². The van der Waals surface area contributed by atoms with Crippen LogP contribution < -0.4 is 21.1 Å². The van der Waals surface area contributed by atoms with Gasteiger partial charge in [-0.2, -0.15) is 0 Å². The Balaban J connectivity index is 1.25. The third-order valence-electron chi connectivity index (χ3n) is 9.64. The minimum absolute atomic E-state index is 0.108. The molecule has 0 atom stereocenters. The lowest BCUT2D eigenvalue weighted by Crippen LogP contribution is -2.54. The highest BCUT2D eigenvalue weighted by Gasteiger charge is 2.32. The summed E-state index contributed by atoms with van der Waals surface area (Å²) in [4.78, 5) is 0. The number of ether oxygens (including phenoxy) is 1. The van der Waals surface area contributed by atoms with Gasteiger partial charge in [0.05, 0.1) is 22.1 Å². The molecule has 0 unspecified atom stereocenters. The predicted octanol–water partition coefficient (Wildman–Crippen LogP) is 8.50. The van der Waals surface area contributed by atoms with Crippen molar-refractivity contribution in [2.75, 3.05) is 0 Å². The van der Waals surface area contributed by atoms with E-state index >= 15 is 0 Å². The van der Waals surface area contributed by atoms with Crippen molar-refractivity contribution in [2.45, 2.75) is 0 Å². The molecule has 1 aliphatic heterocycles. The predicted molar refractivity (Wildman–Crippen MR) is 193 cm³/mol. The third kappa shape index (κ3) is 3.55. The highest BCUT2D eigenvalue weighted by Crippen LogP contribution is 2.42. The van der Waals surface area contributed by atoms with Gasteiger partial charge in [0.2, 0.25) is 0 Å². The molecular weight excluding hydrogens is 559 g/mol. The van der Waals surface area contributed by atoms with E-state index in [-0.39, 0.29) is 6.71 Å². The molecule has 3 nitrogen and oxygen atoms in total. The summed E-state index contributed by atoms with van der Waals surface area (Å²) < 4.78 is 11.5. The van der Waals surface area contributed by atoms with Crippen LogP contribution in [0.1, 0.15) is 0 Å². The molecule has 0 radical (unpaired) electrons. The molecule has 3 heterocycles. The van der Waals surface area contributed by atoms with Crippen LogP contribution in [0.3, 0.4) is 0 Å². The fraction of sp³-hybridized carbons (Fsp3) is 0. The Bertz CT molecular complexity index is 2620. The summed E-state index contributed by atoms with van der Waals surface area (Å²) in [6.45, 7) is 0.108. The smallest absolute Gasteiger partial charge is 0.250 e. The second kappa shape index (κ2) is 9.75. The fourth-order valence-electron chi connectivity index (χ4n) is 7.74. The maximum absolute atomic E-state index is 6.66. The van der Waals surface area contributed by atoms with Gasteiger partial charge >= 0.3 is 0 Å². The Morgan fingerprint density at radius 2 is 0.935 bits per heavy atom. The van der Waals surface area contributed by atoms with Gasteiger partial charge in [0.15, 0.2) is 0 Å². The fourth-order valence-corrected chi connectivity index (χ4v) is 7.74. The first-order valence-electron chi connectivity index (χ1n) is 15.8. The van der Waals surface area contributed by atoms with Gasteiger partial charge in [-0.25, -0.2) is 0 Å². The standard InChI is InChI=1S/C42H27BN2O/c1-3-13-28(14-4-1)43-33-19-9-12-22-39(33)46-40-27-30(23-24-34(40)43)45-36-21-11-8-18-32(36)42-38(45)26-25-37-41(42)31-17-7-10-20-35(31)44(37)29-15-5-2-6-16-29/h1-27H. The highest BCUT2D eigenvalue weighted by molar-refractivity contribution is 6.96. The summed E-state index contributed by atoms with van der Waals surface area (Å²) in [7, 11) is 0. The summed E-state index contributed by atoms with van der Waals surface area (Å²) in [6.07, 6.45) is 0. The third-order valence-corrected chi connectivity index (χ3v) is 9.64. The van der Waals surface area contributed by atoms with E-state index in [0.717, 1.165) is 22.9 Å². The van der Waals surface area contributed by atoms with Crippen LogP contribution in [0.25, 0.3) is 55.0 Å². The van der Waals surface area contributed by atoms with Crippen molar-refractivity contribution >= 4 is 66.7 Å². The van der Waals surface area contributed by atoms with E-state index in [1.165, 1.54) is 60.0 Å². The molecule has 46 heavy (non-hydrogen) atoms. The molecular formula is C42H27BN2O. The summed E-state index contributed by atoms with van der Waals surface area (Å²) in [5, 5.41) is 5.04. The molecule has 1 aliphatic rings. The van der Waals surface area contributed by atoms with Crippen LogP contribution in [-0.4, -0.2) is 15.8 Å². The normalized spacial score (nSPS) is 12.5. The first-order chi connectivity index (χ1) is 22.8. The van der Waals surface area contributed by atoms with Crippen molar-refractivity contribution in [1.82, 2.24) is 9.13 Å². The minimum Gasteiger partial charge on any atom is -0.458 e. The van der Waals surface area contributed by atoms with E-state index in [9.17, 15) is 0 Å². The van der Waals surface area contributed by atoms with Crippen molar-refractivity contribution in [3.05, 3.63) is 164 Å². The molecule has 10 rings (SSSR count). The lowest BCUT2D eigenvalue weighted by atomic mass is 9.36. The summed E-state index contributed by atoms with van der Waals surface area (Å²) >= 11 is 0. The lowest BCUT2D eigenvalue weighted by Gasteiger charge is -2.27. The molecule has 0 fully saturated rings. The van der Waals surface area contributed by atoms with Crippen LogP contribution >= 0.6 is 0 Å². The van der Waals surface area contributed by atoms with Gasteiger partial charge in [-0.15, -0.1) is 0 Å². The topological polar surface area (TPSA) is 19.1 Å². The molecule has 0 N–H and O–H groups in total. The zero-order valence-electron chi connectivity index (χ0n) is 25.0. The Hall–Kier alpha value is -6.00. The van der Waals surface area contributed by atoms with Crippen LogP contribution in [0.5, 0.6) is 11.5 Å². The second-order valence-corrected chi connectivity index (χ2v) is 12.1. The van der Waals surface area contributed by atoms with E-state index in [0.29, 0.717) is 0 Å². The van der Waals surface area contributed by atoms with Crippen molar-refractivity contribution in [3.63, 3.8) is 0 Å². The summed E-state index contributed by atoms with van der Waals surface area (Å²) in [6, 6.07) is 58.7. The molecule has 0 bridgehead atoms. The van der Waals surface area contributed by atoms with Gasteiger partial charge in [-0.1, -0.05) is 115 Å². The Labute approximate surface area is 266 Å². The van der Waals surface area contributed by atoms with Crippen LogP contribution in [0.15, 0.2) is 164 Å². The Kier molecular flexibility index (Phi) is 5.37. The van der Waals surface area contributed by atoms with E-state index in [4.69, 9.17) is 4.74 Å². The van der Waals surface area contributed by atoms with Crippen molar-refractivity contribution in [3.8, 4) is 22.9 Å². The van der Waals surface area contributed by atoms with E-state index in [1.807, 2.05) is 0 Å². The SMILES string of the molecule is c1ccc(B2c3ccccc3Oc3cc(-n4c5ccccc5c5c6c7ccccc7n(-c7ccccc7)c6ccc54)ccc32)cc1. The number of aromatic nitrogens is 2. The van der Waals surface area contributed by atoms with Crippen molar-refractivity contribution < 1.29 is 4.74 Å². The number of rotatable bonds is 3. The van der Waals surface area contributed by atoms with Crippen LogP contribution in [0.4, 0.5) is 0 Å². The number of nitrogens with zero attached hydrogens (tertiary/aromatic N) is 2. The maximum Gasteiger partial charge on any atom is 0.250 e. The molecule has 214 valence electrons. The average molecular weight is 587 g/mol. The van der Waals surface area contributed by atoms with Crippen molar-refractivity contribution in [1.29, 1.82) is 0 Å². The average Bonchev–Trinajstić information content (AvgIpc) is 3.64. The maximum atomic E-state index is 6.66. The quantitative estimate of drug-likeness (QED) is 0.190. The zero-order chi connectivity index (χ0) is 30.2. The Morgan fingerprint density at radius 3 is 1.63 bits per heavy atom. The number of para-hydroxylation sites is 4. The Morgan fingerprint density at radius 1 is 0.391 bits per heavy atom. The molecule has 2 aromatic heterocycles. The zero-order valence-corrected chi connectivity index (χ0v) is 25.0. The van der Waals surface area contributed by atoms with Crippen molar-refractivity contribution in [2.24, 2.45) is 0 Å². The number of hydrogen-bond acceptors (Lipinski definition) is 1. The highest BCUT2D eigenvalue weighted by atomic mass is 16.5. The van der Waals surface area contributed by atoms with Gasteiger partial charge in [-0.3, -0.25) is 0 Å². The van der Waals surface area contributed by atoms with Gasteiger partial charge in [0.25, 0.3) is 6.71 Å². The number of benzene rings is 7. The first-order valence-corrected chi connectivity index (χ1v) is 15.8. The summed E-state index contributed by atoms with van der Waals surface area (Å²) in [5.41, 5.74) is 10.7. The molecule has 0 spiro atoms. The molecule has 7 aromatic carbocycles. The first kappa shape index (κ1) is 25.3. The van der Waals surface area contributed by atoms with E-state index < -0.39 is 0 Å². The van der Waals surface area contributed by atoms with Gasteiger partial charge in [0.1, 0.15) is 11.5 Å². The van der Waals surface area contributed by atoms with Crippen LogP contribution in [0.2, 0.25) is 0 Å². The van der Waals surface area contributed by atoms with Gasteiger partial charge in [-0.05, 0) is 59.5 Å². The van der Waals surface area contributed by atoms with E-state index in [1.54, 1.807) is 0 Å².